The van der Waals surface area contributed by atoms with E-state index in [0.717, 1.165) is 35.5 Å². The molecular formula is C17H19N3O. The Balaban J connectivity index is 1.83. The molecule has 0 atom stereocenters. The van der Waals surface area contributed by atoms with Crippen molar-refractivity contribution in [2.45, 2.75) is 19.8 Å². The molecule has 2 amide bonds. The Morgan fingerprint density at radius 2 is 1.95 bits per heavy atom. The first kappa shape index (κ1) is 13.5. The fourth-order valence-corrected chi connectivity index (χ4v) is 2.69. The lowest BCUT2D eigenvalue weighted by atomic mass is 10.0. The van der Waals surface area contributed by atoms with Crippen LogP contribution in [-0.2, 0) is 6.42 Å². The van der Waals surface area contributed by atoms with Crippen molar-refractivity contribution in [3.05, 3.63) is 53.6 Å². The molecule has 3 N–H and O–H groups in total. The van der Waals surface area contributed by atoms with Crippen LogP contribution in [0, 0.1) is 6.92 Å². The third-order valence-electron chi connectivity index (χ3n) is 3.83. The second-order valence-electron chi connectivity index (χ2n) is 5.40. The number of hydrogen-bond acceptors (Lipinski definition) is 2. The minimum absolute atomic E-state index is 0.106. The predicted octanol–water partition coefficient (Wildman–Crippen LogP) is 3.56. The van der Waals surface area contributed by atoms with Gasteiger partial charge in [0, 0.05) is 17.9 Å². The number of anilines is 3. The lowest BCUT2D eigenvalue weighted by molar-refractivity contribution is 0.256. The molecule has 0 saturated heterocycles. The molecule has 4 heteroatoms. The van der Waals surface area contributed by atoms with E-state index in [4.69, 9.17) is 5.73 Å². The molecule has 0 bridgehead atoms. The highest BCUT2D eigenvalue weighted by atomic mass is 16.2. The zero-order valence-electron chi connectivity index (χ0n) is 12.1. The van der Waals surface area contributed by atoms with Crippen LogP contribution in [-0.4, -0.2) is 12.6 Å². The maximum absolute atomic E-state index is 12.5. The van der Waals surface area contributed by atoms with E-state index in [1.807, 2.05) is 49.4 Å². The monoisotopic (exact) mass is 281 g/mol. The Labute approximate surface area is 124 Å². The van der Waals surface area contributed by atoms with Gasteiger partial charge in [-0.3, -0.25) is 4.90 Å². The standard InChI is InChI=1S/C17H19N3O/c1-12-7-9-13(10-8-12)19-17(21)20-11-3-4-14-15(18)5-2-6-16(14)20/h2,5-10H,3-4,11,18H2,1H3,(H,19,21). The average molecular weight is 281 g/mol. The van der Waals surface area contributed by atoms with Gasteiger partial charge < -0.3 is 11.1 Å². The van der Waals surface area contributed by atoms with Crippen molar-refractivity contribution in [1.29, 1.82) is 0 Å². The quantitative estimate of drug-likeness (QED) is 0.785. The van der Waals surface area contributed by atoms with Crippen LogP contribution in [0.5, 0.6) is 0 Å². The van der Waals surface area contributed by atoms with Gasteiger partial charge in [0.25, 0.3) is 0 Å². The summed E-state index contributed by atoms with van der Waals surface area (Å²) in [7, 11) is 0. The lowest BCUT2D eigenvalue weighted by Gasteiger charge is -2.30. The van der Waals surface area contributed by atoms with Crippen molar-refractivity contribution >= 4 is 23.1 Å². The Bertz CT molecular complexity index is 664. The lowest BCUT2D eigenvalue weighted by Crippen LogP contribution is -2.38. The summed E-state index contributed by atoms with van der Waals surface area (Å²) in [6, 6.07) is 13.4. The SMILES string of the molecule is Cc1ccc(NC(=O)N2CCCc3c(N)cccc32)cc1. The number of aryl methyl sites for hydroxylation is 1. The van der Waals surface area contributed by atoms with Crippen molar-refractivity contribution in [2.24, 2.45) is 0 Å². The summed E-state index contributed by atoms with van der Waals surface area (Å²) in [4.78, 5) is 14.3. The zero-order valence-corrected chi connectivity index (χ0v) is 12.1. The molecule has 1 aliphatic rings. The van der Waals surface area contributed by atoms with Gasteiger partial charge in [-0.25, -0.2) is 4.79 Å². The number of nitrogens with two attached hydrogens (primary N) is 1. The van der Waals surface area contributed by atoms with Gasteiger partial charge in [-0.05, 0) is 49.6 Å². The van der Waals surface area contributed by atoms with Crippen LogP contribution in [0.25, 0.3) is 0 Å². The largest absolute Gasteiger partial charge is 0.398 e. The number of carbonyl (C=O) groups excluding carboxylic acids is 1. The molecule has 2 aromatic carbocycles. The Hall–Kier alpha value is -2.49. The van der Waals surface area contributed by atoms with Crippen molar-refractivity contribution in [3.8, 4) is 0 Å². The van der Waals surface area contributed by atoms with Crippen molar-refractivity contribution in [2.75, 3.05) is 22.5 Å². The van der Waals surface area contributed by atoms with E-state index in [0.29, 0.717) is 6.54 Å². The maximum Gasteiger partial charge on any atom is 0.326 e. The molecule has 108 valence electrons. The van der Waals surface area contributed by atoms with Gasteiger partial charge in [0.1, 0.15) is 0 Å². The number of urea groups is 1. The first-order chi connectivity index (χ1) is 10.1. The molecule has 0 radical (unpaired) electrons. The predicted molar refractivity (Wildman–Crippen MR) is 86.7 cm³/mol. The molecule has 1 heterocycles. The van der Waals surface area contributed by atoms with Crippen LogP contribution in [0.4, 0.5) is 21.9 Å². The van der Waals surface area contributed by atoms with E-state index in [9.17, 15) is 4.79 Å². The van der Waals surface area contributed by atoms with Gasteiger partial charge in [-0.2, -0.15) is 0 Å². The normalized spacial score (nSPS) is 13.7. The Morgan fingerprint density at radius 3 is 2.71 bits per heavy atom. The number of nitrogen functional groups attached to an aromatic ring is 1. The number of fused-ring (bicyclic) bond motifs is 1. The zero-order chi connectivity index (χ0) is 14.8. The molecule has 0 saturated carbocycles. The van der Waals surface area contributed by atoms with Crippen LogP contribution in [0.3, 0.4) is 0 Å². The van der Waals surface area contributed by atoms with Gasteiger partial charge in [0.2, 0.25) is 0 Å². The Morgan fingerprint density at radius 1 is 1.19 bits per heavy atom. The second-order valence-corrected chi connectivity index (χ2v) is 5.40. The number of rotatable bonds is 1. The molecule has 0 aliphatic carbocycles. The minimum Gasteiger partial charge on any atom is -0.398 e. The number of amides is 2. The molecule has 0 spiro atoms. The number of nitrogens with one attached hydrogen (secondary N) is 1. The molecular weight excluding hydrogens is 262 g/mol. The fraction of sp³-hybridized carbons (Fsp3) is 0.235. The summed E-state index contributed by atoms with van der Waals surface area (Å²) in [6.07, 6.45) is 1.86. The summed E-state index contributed by atoms with van der Waals surface area (Å²) in [6.45, 7) is 2.74. The number of nitrogens with zero attached hydrogens (tertiary/aromatic N) is 1. The first-order valence-electron chi connectivity index (χ1n) is 7.18. The van der Waals surface area contributed by atoms with Gasteiger partial charge in [-0.1, -0.05) is 23.8 Å². The van der Waals surface area contributed by atoms with Crippen LogP contribution in [0.1, 0.15) is 17.5 Å². The van der Waals surface area contributed by atoms with E-state index in [-0.39, 0.29) is 6.03 Å². The number of carbonyl (C=O) groups is 1. The third kappa shape index (κ3) is 2.70. The smallest absolute Gasteiger partial charge is 0.326 e. The third-order valence-corrected chi connectivity index (χ3v) is 3.83. The van der Waals surface area contributed by atoms with Crippen LogP contribution in [0.15, 0.2) is 42.5 Å². The van der Waals surface area contributed by atoms with Crippen LogP contribution in [0.2, 0.25) is 0 Å². The second kappa shape index (κ2) is 5.48. The van der Waals surface area contributed by atoms with Crippen molar-refractivity contribution in [1.82, 2.24) is 0 Å². The molecule has 1 aliphatic heterocycles. The number of hydrogen-bond donors (Lipinski definition) is 2. The maximum atomic E-state index is 12.5. The van der Waals surface area contributed by atoms with E-state index in [1.54, 1.807) is 4.90 Å². The molecule has 4 nitrogen and oxygen atoms in total. The summed E-state index contributed by atoms with van der Waals surface area (Å²) >= 11 is 0. The van der Waals surface area contributed by atoms with Crippen molar-refractivity contribution < 1.29 is 4.79 Å². The highest BCUT2D eigenvalue weighted by Gasteiger charge is 2.23. The molecule has 0 unspecified atom stereocenters. The van der Waals surface area contributed by atoms with E-state index < -0.39 is 0 Å². The average Bonchev–Trinajstić information content (AvgIpc) is 2.49. The minimum atomic E-state index is -0.106. The van der Waals surface area contributed by atoms with Crippen LogP contribution < -0.4 is 16.0 Å². The van der Waals surface area contributed by atoms with Gasteiger partial charge in [0.05, 0.1) is 5.69 Å². The van der Waals surface area contributed by atoms with Gasteiger partial charge >= 0.3 is 6.03 Å². The Kier molecular flexibility index (Phi) is 3.52. The van der Waals surface area contributed by atoms with Gasteiger partial charge in [-0.15, -0.1) is 0 Å². The highest BCUT2D eigenvalue weighted by molar-refractivity contribution is 6.03. The summed E-state index contributed by atoms with van der Waals surface area (Å²) in [5, 5.41) is 2.95. The van der Waals surface area contributed by atoms with Gasteiger partial charge in [0.15, 0.2) is 0 Å². The fourth-order valence-electron chi connectivity index (χ4n) is 2.69. The molecule has 3 rings (SSSR count). The first-order valence-corrected chi connectivity index (χ1v) is 7.18. The van der Waals surface area contributed by atoms with E-state index >= 15 is 0 Å². The van der Waals surface area contributed by atoms with E-state index in [2.05, 4.69) is 5.32 Å². The molecule has 0 aromatic heterocycles. The summed E-state index contributed by atoms with van der Waals surface area (Å²) in [5.41, 5.74) is 10.8. The highest BCUT2D eigenvalue weighted by Crippen LogP contribution is 2.31. The molecule has 21 heavy (non-hydrogen) atoms. The number of benzene rings is 2. The summed E-state index contributed by atoms with van der Waals surface area (Å²) in [5.74, 6) is 0. The van der Waals surface area contributed by atoms with Crippen molar-refractivity contribution in [3.63, 3.8) is 0 Å². The topological polar surface area (TPSA) is 58.4 Å². The molecule has 2 aromatic rings. The van der Waals surface area contributed by atoms with Crippen LogP contribution >= 0.6 is 0 Å². The molecule has 0 fully saturated rings. The summed E-state index contributed by atoms with van der Waals surface area (Å²) < 4.78 is 0. The van der Waals surface area contributed by atoms with E-state index in [1.165, 1.54) is 5.56 Å².